The lowest BCUT2D eigenvalue weighted by atomic mass is 9.43. The molecule has 1 aromatic rings. The third-order valence-electron chi connectivity index (χ3n) is 6.01. The molecule has 1 aliphatic heterocycles. The van der Waals surface area contributed by atoms with Gasteiger partial charge < -0.3 is 15.0 Å². The second-order valence-corrected chi connectivity index (χ2v) is 8.59. The van der Waals surface area contributed by atoms with E-state index in [1.807, 2.05) is 0 Å². The number of amides is 2. The number of hydrogen-bond acceptors (Lipinski definition) is 4. The summed E-state index contributed by atoms with van der Waals surface area (Å²) in [6.45, 7) is -0.575. The van der Waals surface area contributed by atoms with Crippen molar-refractivity contribution in [1.82, 2.24) is 10.2 Å². The highest BCUT2D eigenvalue weighted by Gasteiger charge is 2.72. The van der Waals surface area contributed by atoms with Gasteiger partial charge in [-0.25, -0.2) is 4.39 Å². The molecule has 1 unspecified atom stereocenters. The van der Waals surface area contributed by atoms with Crippen molar-refractivity contribution < 1.29 is 36.6 Å². The quantitative estimate of drug-likeness (QED) is 0.648. The van der Waals surface area contributed by atoms with Crippen LogP contribution in [0.25, 0.3) is 0 Å². The van der Waals surface area contributed by atoms with E-state index >= 15 is 0 Å². The lowest BCUT2D eigenvalue weighted by molar-refractivity contribution is -0.327. The molecule has 4 fully saturated rings. The SMILES string of the molecule is O=C(COc1ccc(Cl)c(F)c1)NC12CC(N3CCC(COC(F)(F)F)C3=O)(C1)C2. The summed E-state index contributed by atoms with van der Waals surface area (Å²) in [7, 11) is 0. The average Bonchev–Trinajstić information content (AvgIpc) is 2.96. The molecule has 4 aliphatic rings. The second-order valence-electron chi connectivity index (χ2n) is 8.18. The molecule has 5 rings (SSSR count). The summed E-state index contributed by atoms with van der Waals surface area (Å²) in [6, 6.07) is 3.87. The predicted molar refractivity (Wildman–Crippen MR) is 96.2 cm³/mol. The molecule has 0 aromatic heterocycles. The Hall–Kier alpha value is -2.07. The Morgan fingerprint density at radius 2 is 2.00 bits per heavy atom. The fourth-order valence-electron chi connectivity index (χ4n) is 4.76. The van der Waals surface area contributed by atoms with Crippen molar-refractivity contribution in [3.8, 4) is 5.75 Å². The molecule has 2 bridgehead atoms. The molecule has 30 heavy (non-hydrogen) atoms. The van der Waals surface area contributed by atoms with Gasteiger partial charge in [0.25, 0.3) is 5.91 Å². The number of halogens is 5. The van der Waals surface area contributed by atoms with E-state index in [1.165, 1.54) is 12.1 Å². The number of carbonyl (C=O) groups is 2. The van der Waals surface area contributed by atoms with Crippen LogP contribution in [0.2, 0.25) is 5.02 Å². The third-order valence-corrected chi connectivity index (χ3v) is 6.31. The Morgan fingerprint density at radius 1 is 1.30 bits per heavy atom. The molecular formula is C19H19ClF4N2O4. The van der Waals surface area contributed by atoms with Crippen molar-refractivity contribution in [3.63, 3.8) is 0 Å². The average molecular weight is 451 g/mol. The van der Waals surface area contributed by atoms with Gasteiger partial charge in [0, 0.05) is 23.7 Å². The van der Waals surface area contributed by atoms with E-state index in [9.17, 15) is 27.2 Å². The highest BCUT2D eigenvalue weighted by molar-refractivity contribution is 6.30. The topological polar surface area (TPSA) is 67.9 Å². The first-order valence-electron chi connectivity index (χ1n) is 9.42. The minimum absolute atomic E-state index is 0.0466. The van der Waals surface area contributed by atoms with Gasteiger partial charge in [0.1, 0.15) is 11.6 Å². The highest BCUT2D eigenvalue weighted by atomic mass is 35.5. The van der Waals surface area contributed by atoms with Crippen molar-refractivity contribution in [3.05, 3.63) is 29.0 Å². The smallest absolute Gasteiger partial charge is 0.484 e. The number of carbonyl (C=O) groups excluding carboxylic acids is 2. The minimum atomic E-state index is -4.75. The molecule has 0 spiro atoms. The van der Waals surface area contributed by atoms with E-state index in [2.05, 4.69) is 10.1 Å². The summed E-state index contributed by atoms with van der Waals surface area (Å²) in [5, 5.41) is 2.83. The van der Waals surface area contributed by atoms with Crippen LogP contribution in [0.15, 0.2) is 18.2 Å². The van der Waals surface area contributed by atoms with Gasteiger partial charge >= 0.3 is 6.36 Å². The minimum Gasteiger partial charge on any atom is -0.484 e. The molecule has 3 aliphatic carbocycles. The van der Waals surface area contributed by atoms with Gasteiger partial charge in [-0.3, -0.25) is 14.3 Å². The number of ether oxygens (including phenoxy) is 2. The van der Waals surface area contributed by atoms with Gasteiger partial charge in [0.15, 0.2) is 6.61 Å². The molecule has 1 N–H and O–H groups in total. The van der Waals surface area contributed by atoms with Gasteiger partial charge in [-0.2, -0.15) is 0 Å². The summed E-state index contributed by atoms with van der Waals surface area (Å²) in [6.07, 6.45) is -2.76. The maximum absolute atomic E-state index is 13.4. The zero-order valence-corrected chi connectivity index (χ0v) is 16.5. The molecule has 2 amide bonds. The van der Waals surface area contributed by atoms with Crippen molar-refractivity contribution in [2.45, 2.75) is 43.1 Å². The Morgan fingerprint density at radius 3 is 2.63 bits per heavy atom. The Kier molecular flexibility index (Phi) is 5.13. The third kappa shape index (κ3) is 3.94. The van der Waals surface area contributed by atoms with Gasteiger partial charge in [-0.15, -0.1) is 13.2 Å². The van der Waals surface area contributed by atoms with Crippen LogP contribution in [-0.4, -0.2) is 53.9 Å². The van der Waals surface area contributed by atoms with Crippen molar-refractivity contribution in [1.29, 1.82) is 0 Å². The Bertz CT molecular complexity index is 859. The first-order chi connectivity index (χ1) is 14.0. The van der Waals surface area contributed by atoms with Crippen molar-refractivity contribution >= 4 is 23.4 Å². The first-order valence-corrected chi connectivity index (χ1v) is 9.80. The standard InChI is InChI=1S/C19H19ClF4N2O4/c20-13-2-1-12(5-14(13)21)29-7-15(27)25-17-8-18(9-17,10-17)26-4-3-11(16(26)28)6-30-19(22,23)24/h1-2,5,11H,3-4,6-10H2,(H,25,27). The molecule has 1 heterocycles. The van der Waals surface area contributed by atoms with Gasteiger partial charge in [0.05, 0.1) is 17.5 Å². The molecular weight excluding hydrogens is 432 g/mol. The molecule has 6 nitrogen and oxygen atoms in total. The summed E-state index contributed by atoms with van der Waals surface area (Å²) < 4.78 is 59.1. The number of alkyl halides is 3. The second kappa shape index (κ2) is 7.26. The van der Waals surface area contributed by atoms with Crippen LogP contribution in [0.1, 0.15) is 25.7 Å². The van der Waals surface area contributed by atoms with Gasteiger partial charge in [-0.05, 0) is 37.8 Å². The van der Waals surface area contributed by atoms with E-state index in [0.29, 0.717) is 32.2 Å². The first kappa shape index (κ1) is 21.2. The van der Waals surface area contributed by atoms with Crippen molar-refractivity contribution in [2.75, 3.05) is 19.8 Å². The number of benzene rings is 1. The van der Waals surface area contributed by atoms with E-state index in [-0.39, 0.29) is 29.2 Å². The predicted octanol–water partition coefficient (Wildman–Crippen LogP) is 3.03. The van der Waals surface area contributed by atoms with E-state index in [1.54, 1.807) is 4.90 Å². The van der Waals surface area contributed by atoms with Crippen LogP contribution in [0, 0.1) is 11.7 Å². The number of hydrogen-bond donors (Lipinski definition) is 1. The normalized spacial score (nSPS) is 30.0. The van der Waals surface area contributed by atoms with Crippen molar-refractivity contribution in [2.24, 2.45) is 5.92 Å². The largest absolute Gasteiger partial charge is 0.522 e. The fraction of sp³-hybridized carbons (Fsp3) is 0.579. The molecule has 3 saturated carbocycles. The van der Waals surface area contributed by atoms with E-state index in [0.717, 1.165) is 6.07 Å². The molecule has 11 heteroatoms. The Labute approximate surface area is 174 Å². The summed E-state index contributed by atoms with van der Waals surface area (Å²) in [5.74, 6) is -1.96. The molecule has 1 saturated heterocycles. The van der Waals surface area contributed by atoms with Crippen LogP contribution in [0.4, 0.5) is 17.6 Å². The summed E-state index contributed by atoms with van der Waals surface area (Å²) >= 11 is 5.59. The Balaban J connectivity index is 1.23. The van der Waals surface area contributed by atoms with Gasteiger partial charge in [-0.1, -0.05) is 11.6 Å². The van der Waals surface area contributed by atoms with Crippen LogP contribution >= 0.6 is 11.6 Å². The lowest BCUT2D eigenvalue weighted by Crippen LogP contribution is -2.84. The molecule has 0 radical (unpaired) electrons. The number of rotatable bonds is 7. The van der Waals surface area contributed by atoms with E-state index < -0.39 is 35.8 Å². The van der Waals surface area contributed by atoms with Crippen LogP contribution in [0.5, 0.6) is 5.75 Å². The summed E-state index contributed by atoms with van der Waals surface area (Å²) in [5.41, 5.74) is -0.815. The van der Waals surface area contributed by atoms with Crippen LogP contribution in [0.3, 0.4) is 0 Å². The number of nitrogens with zero attached hydrogens (tertiary/aromatic N) is 1. The molecule has 1 atom stereocenters. The van der Waals surface area contributed by atoms with Gasteiger partial charge in [0.2, 0.25) is 5.91 Å². The van der Waals surface area contributed by atoms with E-state index in [4.69, 9.17) is 16.3 Å². The van der Waals surface area contributed by atoms with Crippen LogP contribution < -0.4 is 10.1 Å². The maximum atomic E-state index is 13.4. The zero-order chi connectivity index (χ0) is 21.7. The monoisotopic (exact) mass is 450 g/mol. The maximum Gasteiger partial charge on any atom is 0.522 e. The fourth-order valence-corrected chi connectivity index (χ4v) is 4.88. The summed E-state index contributed by atoms with van der Waals surface area (Å²) in [4.78, 5) is 26.3. The van der Waals surface area contributed by atoms with Crippen LogP contribution in [-0.2, 0) is 14.3 Å². The lowest BCUT2D eigenvalue weighted by Gasteiger charge is -2.73. The highest BCUT2D eigenvalue weighted by Crippen LogP contribution is 2.64. The molecule has 1 aromatic carbocycles. The number of nitrogens with one attached hydrogen (secondary N) is 1. The number of likely N-dealkylation sites (tertiary alicyclic amines) is 1. The zero-order valence-electron chi connectivity index (χ0n) is 15.7. The molecule has 164 valence electrons.